The molecule has 0 radical (unpaired) electrons. The molecule has 0 bridgehead atoms. The maximum absolute atomic E-state index is 5.76. The third-order valence-electron chi connectivity index (χ3n) is 3.87. The maximum atomic E-state index is 5.76. The maximum Gasteiger partial charge on any atom is 0.171 e. The van der Waals surface area contributed by atoms with Crippen LogP contribution in [0.5, 0.6) is 0 Å². The van der Waals surface area contributed by atoms with Gasteiger partial charge in [-0.25, -0.2) is 0 Å². The van der Waals surface area contributed by atoms with Gasteiger partial charge in [0, 0.05) is 0 Å². The summed E-state index contributed by atoms with van der Waals surface area (Å²) in [6.45, 7) is 11.7. The molecule has 2 unspecified atom stereocenters. The van der Waals surface area contributed by atoms with Gasteiger partial charge in [0.1, 0.15) is 0 Å². The van der Waals surface area contributed by atoms with Gasteiger partial charge in [-0.2, -0.15) is 0 Å². The summed E-state index contributed by atoms with van der Waals surface area (Å²) < 4.78 is 11.4. The highest BCUT2D eigenvalue weighted by Crippen LogP contribution is 2.45. The van der Waals surface area contributed by atoms with Crippen LogP contribution in [0.1, 0.15) is 34.6 Å². The van der Waals surface area contributed by atoms with E-state index in [1.807, 2.05) is 0 Å². The second-order valence-corrected chi connectivity index (χ2v) is 5.59. The van der Waals surface area contributed by atoms with E-state index in [-0.39, 0.29) is 23.2 Å². The van der Waals surface area contributed by atoms with Crippen LogP contribution >= 0.6 is 11.6 Å². The van der Waals surface area contributed by atoms with E-state index in [0.717, 1.165) is 0 Å². The number of ether oxygens (including phenoxy) is 2. The van der Waals surface area contributed by atoms with Crippen LogP contribution < -0.4 is 0 Å². The molecule has 84 valence electrons. The Hall–Kier alpha value is 0.210. The Bertz CT molecular complexity index is 201. The summed E-state index contributed by atoms with van der Waals surface area (Å²) in [6.07, 6.45) is -0.100. The highest BCUT2D eigenvalue weighted by molar-refractivity contribution is 6.18. The van der Waals surface area contributed by atoms with Crippen molar-refractivity contribution in [2.45, 2.75) is 47.0 Å². The second kappa shape index (κ2) is 3.99. The van der Waals surface area contributed by atoms with Crippen LogP contribution in [0.3, 0.4) is 0 Å². The van der Waals surface area contributed by atoms with Gasteiger partial charge in [0.25, 0.3) is 0 Å². The molecule has 0 aliphatic carbocycles. The number of rotatable bonds is 1. The molecule has 0 amide bonds. The van der Waals surface area contributed by atoms with E-state index in [0.29, 0.717) is 12.5 Å². The minimum atomic E-state index is -0.257. The number of halogens is 1. The Morgan fingerprint density at radius 1 is 1.29 bits per heavy atom. The molecule has 1 saturated heterocycles. The van der Waals surface area contributed by atoms with E-state index in [4.69, 9.17) is 21.1 Å². The third kappa shape index (κ3) is 2.07. The SMILES string of the molecule is CC1OC(CCl)OCC(C)(C)C1(C)C. The van der Waals surface area contributed by atoms with Crippen LogP contribution in [0.15, 0.2) is 0 Å². The molecule has 2 atom stereocenters. The van der Waals surface area contributed by atoms with Crippen molar-refractivity contribution in [3.63, 3.8) is 0 Å². The predicted octanol–water partition coefficient (Wildman–Crippen LogP) is 3.04. The number of hydrogen-bond donors (Lipinski definition) is 0. The van der Waals surface area contributed by atoms with Crippen LogP contribution in [0.4, 0.5) is 0 Å². The van der Waals surface area contributed by atoms with Crippen molar-refractivity contribution in [3.8, 4) is 0 Å². The van der Waals surface area contributed by atoms with Crippen LogP contribution in [0.25, 0.3) is 0 Å². The van der Waals surface area contributed by atoms with Gasteiger partial charge in [0.05, 0.1) is 18.6 Å². The monoisotopic (exact) mass is 220 g/mol. The van der Waals surface area contributed by atoms with Crippen LogP contribution in [0, 0.1) is 10.8 Å². The largest absolute Gasteiger partial charge is 0.351 e. The zero-order valence-corrected chi connectivity index (χ0v) is 10.5. The van der Waals surface area contributed by atoms with E-state index < -0.39 is 0 Å². The molecule has 0 spiro atoms. The van der Waals surface area contributed by atoms with E-state index >= 15 is 0 Å². The molecule has 1 aliphatic heterocycles. The van der Waals surface area contributed by atoms with Crippen molar-refractivity contribution in [1.82, 2.24) is 0 Å². The van der Waals surface area contributed by atoms with Crippen molar-refractivity contribution in [2.75, 3.05) is 12.5 Å². The lowest BCUT2D eigenvalue weighted by molar-refractivity contribution is -0.147. The smallest absolute Gasteiger partial charge is 0.171 e. The molecule has 0 aromatic carbocycles. The fourth-order valence-electron chi connectivity index (χ4n) is 1.56. The number of alkyl halides is 1. The Morgan fingerprint density at radius 3 is 2.36 bits per heavy atom. The molecule has 1 fully saturated rings. The molecule has 3 heteroatoms. The minimum absolute atomic E-state index is 0.0911. The van der Waals surface area contributed by atoms with Gasteiger partial charge in [0.15, 0.2) is 6.29 Å². The first-order chi connectivity index (χ1) is 6.31. The Labute approximate surface area is 91.9 Å². The lowest BCUT2D eigenvalue weighted by Gasteiger charge is -2.42. The summed E-state index contributed by atoms with van der Waals surface area (Å²) in [6, 6.07) is 0. The highest BCUT2D eigenvalue weighted by Gasteiger charge is 2.45. The summed E-state index contributed by atoms with van der Waals surface area (Å²) in [4.78, 5) is 0. The Morgan fingerprint density at radius 2 is 1.86 bits per heavy atom. The van der Waals surface area contributed by atoms with E-state index in [2.05, 4.69) is 34.6 Å². The van der Waals surface area contributed by atoms with Gasteiger partial charge in [-0.1, -0.05) is 27.7 Å². The Balaban J connectivity index is 2.86. The van der Waals surface area contributed by atoms with Crippen LogP contribution in [-0.4, -0.2) is 24.9 Å². The first kappa shape index (κ1) is 12.3. The fourth-order valence-corrected chi connectivity index (χ4v) is 1.72. The van der Waals surface area contributed by atoms with E-state index in [9.17, 15) is 0 Å². The summed E-state index contributed by atoms with van der Waals surface area (Å²) in [5.74, 6) is 0.399. The standard InChI is InChI=1S/C11H21ClO2/c1-8-11(4,5)10(2,3)7-13-9(6-12)14-8/h8-9H,6-7H2,1-5H3. The molecular weight excluding hydrogens is 200 g/mol. The average Bonchev–Trinajstić information content (AvgIpc) is 2.16. The van der Waals surface area contributed by atoms with Crippen molar-refractivity contribution in [3.05, 3.63) is 0 Å². The lowest BCUT2D eigenvalue weighted by atomic mass is 9.65. The lowest BCUT2D eigenvalue weighted by Crippen LogP contribution is -2.42. The third-order valence-corrected chi connectivity index (χ3v) is 4.12. The quantitative estimate of drug-likeness (QED) is 0.633. The first-order valence-electron chi connectivity index (χ1n) is 5.14. The first-order valence-corrected chi connectivity index (χ1v) is 5.68. The topological polar surface area (TPSA) is 18.5 Å². The molecule has 14 heavy (non-hydrogen) atoms. The van der Waals surface area contributed by atoms with Gasteiger partial charge >= 0.3 is 0 Å². The van der Waals surface area contributed by atoms with E-state index in [1.54, 1.807) is 0 Å². The average molecular weight is 221 g/mol. The normalized spacial score (nSPS) is 36.4. The Kier molecular flexibility index (Phi) is 3.50. The van der Waals surface area contributed by atoms with Crippen molar-refractivity contribution in [1.29, 1.82) is 0 Å². The van der Waals surface area contributed by atoms with E-state index in [1.165, 1.54) is 0 Å². The van der Waals surface area contributed by atoms with Gasteiger partial charge in [0.2, 0.25) is 0 Å². The molecule has 1 aliphatic rings. The molecular formula is C11H21ClO2. The molecule has 0 aromatic rings. The molecule has 0 N–H and O–H groups in total. The van der Waals surface area contributed by atoms with Crippen LogP contribution in [0.2, 0.25) is 0 Å². The van der Waals surface area contributed by atoms with Crippen molar-refractivity contribution >= 4 is 11.6 Å². The van der Waals surface area contributed by atoms with Gasteiger partial charge < -0.3 is 9.47 Å². The summed E-state index contributed by atoms with van der Waals surface area (Å²) >= 11 is 5.75. The minimum Gasteiger partial charge on any atom is -0.351 e. The van der Waals surface area contributed by atoms with Gasteiger partial charge in [-0.15, -0.1) is 11.6 Å². The van der Waals surface area contributed by atoms with Crippen LogP contribution in [-0.2, 0) is 9.47 Å². The fraction of sp³-hybridized carbons (Fsp3) is 1.00. The van der Waals surface area contributed by atoms with Gasteiger partial charge in [-0.3, -0.25) is 0 Å². The summed E-state index contributed by atoms with van der Waals surface area (Å²) in [7, 11) is 0. The second-order valence-electron chi connectivity index (χ2n) is 5.28. The molecule has 1 rings (SSSR count). The molecule has 2 nitrogen and oxygen atoms in total. The molecule has 0 saturated carbocycles. The summed E-state index contributed by atoms with van der Waals surface area (Å²) in [5, 5.41) is 0. The number of hydrogen-bond acceptors (Lipinski definition) is 2. The molecule has 1 heterocycles. The van der Waals surface area contributed by atoms with Crippen molar-refractivity contribution < 1.29 is 9.47 Å². The van der Waals surface area contributed by atoms with Crippen molar-refractivity contribution in [2.24, 2.45) is 10.8 Å². The van der Waals surface area contributed by atoms with Gasteiger partial charge in [-0.05, 0) is 17.8 Å². The summed E-state index contributed by atoms with van der Waals surface area (Å²) in [5.41, 5.74) is 0.195. The predicted molar refractivity (Wildman–Crippen MR) is 58.6 cm³/mol. The molecule has 0 aromatic heterocycles. The zero-order valence-electron chi connectivity index (χ0n) is 9.76. The zero-order chi connectivity index (χ0) is 11.0. The highest BCUT2D eigenvalue weighted by atomic mass is 35.5.